The van der Waals surface area contributed by atoms with Gasteiger partial charge in [0.2, 0.25) is 0 Å². The van der Waals surface area contributed by atoms with Gasteiger partial charge in [0, 0.05) is 31.9 Å². The van der Waals surface area contributed by atoms with Gasteiger partial charge in [-0.25, -0.2) is 0 Å². The fourth-order valence-corrected chi connectivity index (χ4v) is 10.1. The Morgan fingerprint density at radius 1 is 0.333 bits per heavy atom. The Morgan fingerprint density at radius 3 is 0.725 bits per heavy atom. The molecule has 0 aliphatic heterocycles. The Hall–Kier alpha value is 0.0569. The van der Waals surface area contributed by atoms with Crippen molar-refractivity contribution < 1.29 is 13.3 Å². The minimum absolute atomic E-state index is 0.151. The average molecular weight is 740 g/mol. The van der Waals surface area contributed by atoms with Crippen molar-refractivity contribution in [2.24, 2.45) is 5.73 Å². The van der Waals surface area contributed by atoms with E-state index in [9.17, 15) is 0 Å². The van der Waals surface area contributed by atoms with Gasteiger partial charge < -0.3 is 19.0 Å². The molecule has 0 aliphatic carbocycles. The fraction of sp³-hybridized carbons (Fsp3) is 1.00. The van der Waals surface area contributed by atoms with Crippen molar-refractivity contribution in [2.45, 2.75) is 277 Å². The minimum atomic E-state index is -2.74. The predicted octanol–water partition coefficient (Wildman–Crippen LogP) is 15.8. The van der Waals surface area contributed by atoms with Gasteiger partial charge in [0.15, 0.2) is 0 Å². The summed E-state index contributed by atoms with van der Waals surface area (Å²) in [4.78, 5) is 0. The Labute approximate surface area is 324 Å². The molecule has 0 spiro atoms. The van der Waals surface area contributed by atoms with Gasteiger partial charge in [0.1, 0.15) is 0 Å². The molecular weight excluding hydrogens is 643 g/mol. The van der Waals surface area contributed by atoms with Gasteiger partial charge in [-0.15, -0.1) is 0 Å². The first-order valence-electron chi connectivity index (χ1n) is 23.8. The summed E-state index contributed by atoms with van der Waals surface area (Å²) in [5.41, 5.74) is 6.28. The van der Waals surface area contributed by atoms with Crippen molar-refractivity contribution >= 4 is 8.80 Å². The Bertz CT molecular complexity index is 636. The van der Waals surface area contributed by atoms with Gasteiger partial charge >= 0.3 is 8.80 Å². The molecule has 0 aliphatic rings. The zero-order valence-electron chi connectivity index (χ0n) is 35.9. The molecule has 51 heavy (non-hydrogen) atoms. The van der Waals surface area contributed by atoms with Gasteiger partial charge in [-0.3, -0.25) is 0 Å². The molecule has 2 unspecified atom stereocenters. The maximum absolute atomic E-state index is 6.73. The summed E-state index contributed by atoms with van der Waals surface area (Å²) in [6.07, 6.45) is 50.0. The molecule has 0 bridgehead atoms. The molecule has 2 atom stereocenters. The van der Waals surface area contributed by atoms with E-state index in [1.54, 1.807) is 0 Å². The number of hydrogen-bond acceptors (Lipinski definition) is 4. The van der Waals surface area contributed by atoms with Gasteiger partial charge in [-0.05, 0) is 32.6 Å². The highest BCUT2D eigenvalue weighted by atomic mass is 28.4. The number of nitrogens with two attached hydrogens (primary N) is 1. The van der Waals surface area contributed by atoms with Crippen LogP contribution in [0.3, 0.4) is 0 Å². The van der Waals surface area contributed by atoms with Crippen LogP contribution in [0.2, 0.25) is 6.04 Å². The normalized spacial score (nSPS) is 13.6. The first-order chi connectivity index (χ1) is 25.1. The summed E-state index contributed by atoms with van der Waals surface area (Å²) >= 11 is 0. The van der Waals surface area contributed by atoms with E-state index in [0.717, 1.165) is 51.5 Å². The first-order valence-corrected chi connectivity index (χ1v) is 25.7. The second-order valence-electron chi connectivity index (χ2n) is 16.4. The second-order valence-corrected chi connectivity index (χ2v) is 19.1. The van der Waals surface area contributed by atoms with Crippen LogP contribution in [0.5, 0.6) is 0 Å². The molecule has 2 N–H and O–H groups in total. The van der Waals surface area contributed by atoms with Crippen molar-refractivity contribution in [3.05, 3.63) is 0 Å². The topological polar surface area (TPSA) is 53.7 Å². The van der Waals surface area contributed by atoms with E-state index in [4.69, 9.17) is 19.0 Å². The molecule has 0 radical (unpaired) electrons. The minimum Gasteiger partial charge on any atom is -0.373 e. The van der Waals surface area contributed by atoms with Crippen molar-refractivity contribution in [1.82, 2.24) is 0 Å². The molecule has 5 heteroatoms. The first kappa shape index (κ1) is 51.1. The summed E-state index contributed by atoms with van der Waals surface area (Å²) in [5.74, 6) is 0. The van der Waals surface area contributed by atoms with E-state index in [-0.39, 0.29) is 6.04 Å². The lowest BCUT2D eigenvalue weighted by Gasteiger charge is -2.30. The van der Waals surface area contributed by atoms with Gasteiger partial charge in [0.05, 0.1) is 0 Å². The highest BCUT2D eigenvalue weighted by molar-refractivity contribution is 6.60. The third-order valence-electron chi connectivity index (χ3n) is 10.9. The molecular formula is C46H97NO3Si. The van der Waals surface area contributed by atoms with Crippen LogP contribution in [0, 0.1) is 0 Å². The highest BCUT2D eigenvalue weighted by Crippen LogP contribution is 2.23. The molecule has 0 aromatic heterocycles. The third kappa shape index (κ3) is 39.6. The van der Waals surface area contributed by atoms with E-state index in [0.29, 0.717) is 0 Å². The Kier molecular flexibility index (Phi) is 42.8. The fourth-order valence-electron chi connectivity index (χ4n) is 7.26. The lowest BCUT2D eigenvalue weighted by molar-refractivity contribution is 0.0544. The van der Waals surface area contributed by atoms with E-state index >= 15 is 0 Å². The third-order valence-corrected chi connectivity index (χ3v) is 13.7. The highest BCUT2D eigenvalue weighted by Gasteiger charge is 2.41. The molecule has 0 amide bonds. The van der Waals surface area contributed by atoms with E-state index in [1.807, 2.05) is 0 Å². The van der Waals surface area contributed by atoms with Crippen LogP contribution in [0.25, 0.3) is 0 Å². The molecule has 0 aromatic carbocycles. The molecule has 0 saturated carbocycles. The van der Waals surface area contributed by atoms with E-state index in [2.05, 4.69) is 27.7 Å². The van der Waals surface area contributed by atoms with Crippen molar-refractivity contribution in [1.29, 1.82) is 0 Å². The monoisotopic (exact) mass is 740 g/mol. The number of rotatable bonds is 45. The molecule has 308 valence electrons. The molecule has 0 saturated heterocycles. The summed E-state index contributed by atoms with van der Waals surface area (Å²) in [5, 5.41) is 0. The van der Waals surface area contributed by atoms with Crippen molar-refractivity contribution in [3.8, 4) is 0 Å². The van der Waals surface area contributed by atoms with Gasteiger partial charge in [-0.1, -0.05) is 233 Å². The number of hydrogen-bond donors (Lipinski definition) is 1. The summed E-state index contributed by atoms with van der Waals surface area (Å²) in [7, 11) is -2.74. The summed E-state index contributed by atoms with van der Waals surface area (Å²) < 4.78 is 20.2. The maximum atomic E-state index is 6.73. The standard InChI is InChI=1S/C46H97NO3Si/c1-5-8-11-14-17-20-23-25-26-28-31-34-37-40-44-50-51(45-41-46(4)47,48-42-38-35-32-29-22-19-16-13-10-7-3)49-43-39-36-33-30-27-24-21-18-15-12-9-6-2/h46H,5-45,47H2,1-4H3. The smallest absolute Gasteiger partial charge is 0.373 e. The van der Waals surface area contributed by atoms with Crippen LogP contribution in [0.1, 0.15) is 265 Å². The van der Waals surface area contributed by atoms with Crippen LogP contribution in [-0.4, -0.2) is 34.7 Å². The predicted molar refractivity (Wildman–Crippen MR) is 230 cm³/mol. The Morgan fingerprint density at radius 2 is 0.529 bits per heavy atom. The zero-order chi connectivity index (χ0) is 37.2. The molecule has 0 aromatic rings. The summed E-state index contributed by atoms with van der Waals surface area (Å²) in [6, 6.07) is 1.01. The van der Waals surface area contributed by atoms with Crippen LogP contribution < -0.4 is 5.73 Å². The quantitative estimate of drug-likeness (QED) is 0.0499. The summed E-state index contributed by atoms with van der Waals surface area (Å²) in [6.45, 7) is 11.3. The van der Waals surface area contributed by atoms with Crippen LogP contribution in [-0.2, 0) is 13.3 Å². The Balaban J connectivity index is 4.52. The lowest BCUT2D eigenvalue weighted by atomic mass is 10.0. The van der Waals surface area contributed by atoms with Gasteiger partial charge in [0.25, 0.3) is 0 Å². The molecule has 0 fully saturated rings. The van der Waals surface area contributed by atoms with Crippen LogP contribution >= 0.6 is 0 Å². The largest absolute Gasteiger partial charge is 0.501 e. The van der Waals surface area contributed by atoms with E-state index in [1.165, 1.54) is 212 Å². The SMILES string of the molecule is CCCCCCCCCCCCCCCCO[Si](CCC(C)N)(OCCCCCCCCCCCC)OCCCCCCCCCCCCCC. The lowest BCUT2D eigenvalue weighted by Crippen LogP contribution is -2.47. The molecule has 4 nitrogen and oxygen atoms in total. The molecule has 0 heterocycles. The zero-order valence-corrected chi connectivity index (χ0v) is 36.9. The number of unbranched alkanes of at least 4 members (excludes halogenated alkanes) is 33. The van der Waals surface area contributed by atoms with Crippen LogP contribution in [0.15, 0.2) is 0 Å². The average Bonchev–Trinajstić information content (AvgIpc) is 3.13. The maximum Gasteiger partial charge on any atom is 0.501 e. The van der Waals surface area contributed by atoms with Crippen LogP contribution in [0.4, 0.5) is 0 Å². The van der Waals surface area contributed by atoms with Crippen molar-refractivity contribution in [3.63, 3.8) is 0 Å². The van der Waals surface area contributed by atoms with Crippen molar-refractivity contribution in [2.75, 3.05) is 19.8 Å². The molecule has 0 rings (SSSR count). The van der Waals surface area contributed by atoms with E-state index < -0.39 is 8.80 Å². The van der Waals surface area contributed by atoms with Gasteiger partial charge in [-0.2, -0.15) is 0 Å². The second kappa shape index (κ2) is 42.8.